The third kappa shape index (κ3) is 5.27. The molecule has 1 aromatic carbocycles. The van der Waals surface area contributed by atoms with Gasteiger partial charge in [0.25, 0.3) is 0 Å². The van der Waals surface area contributed by atoms with Crippen molar-refractivity contribution in [1.82, 2.24) is 4.57 Å². The van der Waals surface area contributed by atoms with E-state index < -0.39 is 40.7 Å². The van der Waals surface area contributed by atoms with E-state index in [1.165, 1.54) is 12.3 Å². The van der Waals surface area contributed by atoms with Crippen molar-refractivity contribution in [3.05, 3.63) is 46.1 Å². The van der Waals surface area contributed by atoms with Crippen molar-refractivity contribution in [2.24, 2.45) is 0 Å². The summed E-state index contributed by atoms with van der Waals surface area (Å²) < 4.78 is 84.7. The number of hydrogen-bond acceptors (Lipinski definition) is 2. The lowest BCUT2D eigenvalue weighted by molar-refractivity contribution is -0.143. The van der Waals surface area contributed by atoms with Gasteiger partial charge in [-0.25, -0.2) is 4.79 Å². The number of hydrogen-bond donors (Lipinski definition) is 0. The molecule has 0 aliphatic carbocycles. The van der Waals surface area contributed by atoms with Crippen molar-refractivity contribution in [3.63, 3.8) is 0 Å². The molecular formula is C17H14BrF6NO2. The number of alkyl halides is 6. The topological polar surface area (TPSA) is 31.2 Å². The highest BCUT2D eigenvalue weighted by molar-refractivity contribution is 9.10. The van der Waals surface area contributed by atoms with Crippen LogP contribution in [-0.4, -0.2) is 16.3 Å². The molecule has 0 fully saturated rings. The van der Waals surface area contributed by atoms with Gasteiger partial charge in [0.05, 0.1) is 16.8 Å². The highest BCUT2D eigenvalue weighted by Crippen LogP contribution is 2.39. The zero-order valence-electron chi connectivity index (χ0n) is 14.3. The van der Waals surface area contributed by atoms with E-state index in [0.717, 1.165) is 4.57 Å². The molecule has 0 atom stereocenters. The monoisotopic (exact) mass is 457 g/mol. The van der Waals surface area contributed by atoms with E-state index in [1.54, 1.807) is 20.8 Å². The molecule has 2 rings (SSSR count). The number of ether oxygens (including phenoxy) is 1. The van der Waals surface area contributed by atoms with Crippen LogP contribution in [0.2, 0.25) is 0 Å². The smallest absolute Gasteiger partial charge is 0.419 e. The fraction of sp³-hybridized carbons (Fsp3) is 0.353. The van der Waals surface area contributed by atoms with Gasteiger partial charge in [-0.05, 0) is 66.5 Å². The summed E-state index contributed by atoms with van der Waals surface area (Å²) in [6.45, 7) is 4.74. The molecule has 0 bridgehead atoms. The van der Waals surface area contributed by atoms with Crippen LogP contribution in [0.5, 0.6) is 0 Å². The number of aromatic nitrogens is 1. The molecule has 0 aliphatic rings. The first-order valence-electron chi connectivity index (χ1n) is 7.49. The standard InChI is InChI=1S/C17H14BrF6NO2/c1-15(2,3)27-14(26)25-8-12(18)7-13(25)9-4-10(16(19,20)21)6-11(5-9)17(22,23)24/h4-8H,1-3H3. The highest BCUT2D eigenvalue weighted by Gasteiger charge is 2.37. The molecular weight excluding hydrogens is 444 g/mol. The van der Waals surface area contributed by atoms with Crippen LogP contribution in [0.3, 0.4) is 0 Å². The fourth-order valence-electron chi connectivity index (χ4n) is 2.22. The van der Waals surface area contributed by atoms with Gasteiger partial charge < -0.3 is 4.74 Å². The maximum Gasteiger partial charge on any atom is 0.419 e. The normalized spacial score (nSPS) is 13.0. The van der Waals surface area contributed by atoms with Gasteiger partial charge in [-0.1, -0.05) is 0 Å². The molecule has 0 radical (unpaired) electrons. The van der Waals surface area contributed by atoms with E-state index in [9.17, 15) is 31.1 Å². The van der Waals surface area contributed by atoms with Crippen LogP contribution >= 0.6 is 15.9 Å². The summed E-state index contributed by atoms with van der Waals surface area (Å²) in [6.07, 6.45) is -9.71. The van der Waals surface area contributed by atoms with Crippen LogP contribution in [0.1, 0.15) is 31.9 Å². The third-order valence-corrected chi connectivity index (χ3v) is 3.69. The maximum absolute atomic E-state index is 13.1. The molecule has 0 spiro atoms. The Morgan fingerprint density at radius 3 is 1.81 bits per heavy atom. The minimum atomic E-state index is -4.99. The van der Waals surface area contributed by atoms with E-state index in [0.29, 0.717) is 12.1 Å². The molecule has 1 heterocycles. The number of carbonyl (C=O) groups is 1. The third-order valence-electron chi connectivity index (χ3n) is 3.26. The van der Waals surface area contributed by atoms with Gasteiger partial charge in [-0.3, -0.25) is 4.57 Å². The van der Waals surface area contributed by atoms with Crippen LogP contribution < -0.4 is 0 Å². The summed E-state index contributed by atoms with van der Waals surface area (Å²) in [5.74, 6) is 0. The van der Waals surface area contributed by atoms with Crippen molar-refractivity contribution < 1.29 is 35.9 Å². The largest absolute Gasteiger partial charge is 0.443 e. The first-order chi connectivity index (χ1) is 12.1. The van der Waals surface area contributed by atoms with Gasteiger partial charge in [0.2, 0.25) is 0 Å². The van der Waals surface area contributed by atoms with Crippen molar-refractivity contribution in [2.75, 3.05) is 0 Å². The Bertz CT molecular complexity index is 830. The molecule has 2 aromatic rings. The Kier molecular flexibility index (Phi) is 5.44. The fourth-order valence-corrected chi connectivity index (χ4v) is 2.64. The Morgan fingerprint density at radius 2 is 1.41 bits per heavy atom. The Hall–Kier alpha value is -1.97. The minimum Gasteiger partial charge on any atom is -0.443 e. The van der Waals surface area contributed by atoms with E-state index in [1.807, 2.05) is 0 Å². The van der Waals surface area contributed by atoms with Crippen LogP contribution in [0.25, 0.3) is 11.3 Å². The Balaban J connectivity index is 2.67. The van der Waals surface area contributed by atoms with Crippen molar-refractivity contribution in [1.29, 1.82) is 0 Å². The van der Waals surface area contributed by atoms with E-state index in [-0.39, 0.29) is 16.2 Å². The summed E-state index contributed by atoms with van der Waals surface area (Å²) in [5, 5.41) is 0. The lowest BCUT2D eigenvalue weighted by Gasteiger charge is -2.21. The molecule has 0 amide bonds. The Morgan fingerprint density at radius 1 is 0.926 bits per heavy atom. The second-order valence-electron chi connectivity index (χ2n) is 6.69. The van der Waals surface area contributed by atoms with E-state index >= 15 is 0 Å². The number of rotatable bonds is 1. The molecule has 0 saturated heterocycles. The van der Waals surface area contributed by atoms with Crippen LogP contribution in [0, 0.1) is 0 Å². The lowest BCUT2D eigenvalue weighted by atomic mass is 10.0. The quantitative estimate of drug-likeness (QED) is 0.444. The number of halogens is 7. The SMILES string of the molecule is CC(C)(C)OC(=O)n1cc(Br)cc1-c1cc(C(F)(F)F)cc(C(F)(F)F)c1. The summed E-state index contributed by atoms with van der Waals surface area (Å²) in [7, 11) is 0. The molecule has 0 aliphatic heterocycles. The number of nitrogens with zero attached hydrogens (tertiary/aromatic N) is 1. The number of benzene rings is 1. The first-order valence-corrected chi connectivity index (χ1v) is 8.28. The van der Waals surface area contributed by atoms with E-state index in [4.69, 9.17) is 4.74 Å². The molecule has 1 aromatic heterocycles. The molecule has 27 heavy (non-hydrogen) atoms. The average Bonchev–Trinajstić information content (AvgIpc) is 2.85. The summed E-state index contributed by atoms with van der Waals surface area (Å²) >= 11 is 3.07. The second-order valence-corrected chi connectivity index (χ2v) is 7.60. The minimum absolute atomic E-state index is 0.0271. The van der Waals surface area contributed by atoms with E-state index in [2.05, 4.69) is 15.9 Å². The summed E-state index contributed by atoms with van der Waals surface area (Å²) in [5.41, 5.74) is -4.45. The predicted octanol–water partition coefficient (Wildman–Crippen LogP) is 6.74. The van der Waals surface area contributed by atoms with Crippen LogP contribution in [0.4, 0.5) is 31.1 Å². The van der Waals surface area contributed by atoms with Gasteiger partial charge >= 0.3 is 18.4 Å². The molecule has 0 saturated carbocycles. The molecule has 3 nitrogen and oxygen atoms in total. The number of carbonyl (C=O) groups excluding carboxylic acids is 1. The van der Waals surface area contributed by atoms with Gasteiger partial charge in [-0.15, -0.1) is 0 Å². The lowest BCUT2D eigenvalue weighted by Crippen LogP contribution is -2.27. The van der Waals surface area contributed by atoms with Gasteiger partial charge in [0, 0.05) is 10.7 Å². The van der Waals surface area contributed by atoms with Gasteiger partial charge in [0.15, 0.2) is 0 Å². The Labute approximate surface area is 159 Å². The summed E-state index contributed by atoms with van der Waals surface area (Å²) in [4.78, 5) is 12.3. The predicted molar refractivity (Wildman–Crippen MR) is 89.2 cm³/mol. The van der Waals surface area contributed by atoms with Gasteiger partial charge in [0.1, 0.15) is 5.60 Å². The zero-order valence-corrected chi connectivity index (χ0v) is 15.9. The zero-order chi connectivity index (χ0) is 20.8. The molecule has 0 unspecified atom stereocenters. The first kappa shape index (κ1) is 21.3. The molecule has 10 heteroatoms. The maximum atomic E-state index is 13.1. The van der Waals surface area contributed by atoms with Crippen molar-refractivity contribution in [2.45, 2.75) is 38.7 Å². The van der Waals surface area contributed by atoms with Crippen molar-refractivity contribution in [3.8, 4) is 11.3 Å². The average molecular weight is 458 g/mol. The summed E-state index contributed by atoms with van der Waals surface area (Å²) in [6, 6.07) is 2.37. The van der Waals surface area contributed by atoms with Gasteiger partial charge in [-0.2, -0.15) is 26.3 Å². The molecule has 0 N–H and O–H groups in total. The molecule has 148 valence electrons. The highest BCUT2D eigenvalue weighted by atomic mass is 79.9. The van der Waals surface area contributed by atoms with Crippen LogP contribution in [0.15, 0.2) is 34.9 Å². The van der Waals surface area contributed by atoms with Crippen molar-refractivity contribution >= 4 is 22.0 Å². The second kappa shape index (κ2) is 6.88. The van der Waals surface area contributed by atoms with Crippen LogP contribution in [-0.2, 0) is 17.1 Å².